The molecule has 0 aliphatic heterocycles. The van der Waals surface area contributed by atoms with E-state index < -0.39 is 11.9 Å². The first kappa shape index (κ1) is 37.8. The predicted octanol–water partition coefficient (Wildman–Crippen LogP) is 8.16. The molecule has 258 valence electrons. The zero-order valence-corrected chi connectivity index (χ0v) is 27.5. The summed E-state index contributed by atoms with van der Waals surface area (Å²) >= 11 is 0. The Morgan fingerprint density at radius 3 is 1.71 bits per heavy atom. The fourth-order valence-electron chi connectivity index (χ4n) is 4.21. The first-order valence-corrected chi connectivity index (χ1v) is 16.3. The first-order valence-electron chi connectivity index (χ1n) is 16.3. The van der Waals surface area contributed by atoms with E-state index in [4.69, 9.17) is 38.5 Å². The van der Waals surface area contributed by atoms with Gasteiger partial charge >= 0.3 is 11.9 Å². The zero-order valence-electron chi connectivity index (χ0n) is 27.5. The molecule has 3 aromatic rings. The standard InChI is InChI=1S/C38H46O10/c1-3-25-44-45-29-12-8-7-10-26-41-33-17-13-31(14-18-33)30-46-48-36-23-21-35(22-24-36)47-38(40)32-15-19-34(20-16-32)42-27-9-5-6-11-28-43-37(39)4-2/h3-4,13-24H,1-2,5-12,25-30H2. The smallest absolute Gasteiger partial charge is 0.343 e. The van der Waals surface area contributed by atoms with Crippen molar-refractivity contribution in [3.8, 4) is 23.0 Å². The maximum Gasteiger partial charge on any atom is 0.343 e. The minimum Gasteiger partial charge on any atom is -0.494 e. The average molecular weight is 663 g/mol. The summed E-state index contributed by atoms with van der Waals surface area (Å²) in [6.07, 6.45) is 10.4. The molecule has 0 saturated carbocycles. The highest BCUT2D eigenvalue weighted by Crippen LogP contribution is 2.21. The summed E-state index contributed by atoms with van der Waals surface area (Å²) in [6, 6.07) is 21.1. The van der Waals surface area contributed by atoms with Crippen LogP contribution in [-0.2, 0) is 30.8 Å². The molecule has 0 fully saturated rings. The van der Waals surface area contributed by atoms with Crippen LogP contribution in [-0.4, -0.2) is 45.0 Å². The van der Waals surface area contributed by atoms with Gasteiger partial charge in [-0.25, -0.2) is 19.4 Å². The Hall–Kier alpha value is -4.64. The molecular weight excluding hydrogens is 616 g/mol. The summed E-state index contributed by atoms with van der Waals surface area (Å²) in [5, 5.41) is 0. The second-order valence-corrected chi connectivity index (χ2v) is 10.7. The molecular formula is C38H46O10. The van der Waals surface area contributed by atoms with Gasteiger partial charge in [-0.2, -0.15) is 4.89 Å². The third-order valence-electron chi connectivity index (χ3n) is 6.81. The van der Waals surface area contributed by atoms with Crippen LogP contribution in [0.5, 0.6) is 23.0 Å². The van der Waals surface area contributed by atoms with Crippen molar-refractivity contribution < 1.29 is 48.1 Å². The van der Waals surface area contributed by atoms with Gasteiger partial charge in [-0.15, -0.1) is 6.58 Å². The molecule has 0 unspecified atom stereocenters. The molecule has 0 atom stereocenters. The van der Waals surface area contributed by atoms with Gasteiger partial charge in [0, 0.05) is 6.08 Å². The van der Waals surface area contributed by atoms with Crippen LogP contribution in [0.1, 0.15) is 67.3 Å². The van der Waals surface area contributed by atoms with Crippen LogP contribution in [0.25, 0.3) is 0 Å². The lowest BCUT2D eigenvalue weighted by atomic mass is 10.2. The van der Waals surface area contributed by atoms with Crippen LogP contribution in [0.2, 0.25) is 0 Å². The summed E-state index contributed by atoms with van der Waals surface area (Å²) in [4.78, 5) is 44.3. The van der Waals surface area contributed by atoms with Crippen molar-refractivity contribution in [2.75, 3.05) is 33.0 Å². The van der Waals surface area contributed by atoms with Crippen molar-refractivity contribution in [2.24, 2.45) is 0 Å². The SMILES string of the molecule is C=CCOOCCCCCCOc1ccc(COOc2ccc(OC(=O)c3ccc(OCCCCCCOC(=O)C=C)cc3)cc2)cc1. The van der Waals surface area contributed by atoms with Gasteiger partial charge in [0.2, 0.25) is 0 Å². The second-order valence-electron chi connectivity index (χ2n) is 10.7. The van der Waals surface area contributed by atoms with Crippen molar-refractivity contribution in [2.45, 2.75) is 58.0 Å². The van der Waals surface area contributed by atoms with Gasteiger partial charge in [0.25, 0.3) is 0 Å². The van der Waals surface area contributed by atoms with E-state index >= 15 is 0 Å². The van der Waals surface area contributed by atoms with Crippen LogP contribution in [0.3, 0.4) is 0 Å². The molecule has 3 aromatic carbocycles. The van der Waals surface area contributed by atoms with Crippen LogP contribution >= 0.6 is 0 Å². The van der Waals surface area contributed by atoms with Crippen LogP contribution < -0.4 is 19.1 Å². The van der Waals surface area contributed by atoms with Crippen LogP contribution in [0.4, 0.5) is 0 Å². The minimum absolute atomic E-state index is 0.254. The second kappa shape index (κ2) is 23.6. The van der Waals surface area contributed by atoms with Gasteiger partial charge in [0.1, 0.15) is 30.5 Å². The number of rotatable bonds is 26. The summed E-state index contributed by atoms with van der Waals surface area (Å²) < 4.78 is 22.0. The first-order chi connectivity index (χ1) is 23.6. The Morgan fingerprint density at radius 1 is 0.562 bits per heavy atom. The van der Waals surface area contributed by atoms with E-state index in [2.05, 4.69) is 13.2 Å². The largest absolute Gasteiger partial charge is 0.494 e. The molecule has 0 aliphatic rings. The molecule has 10 nitrogen and oxygen atoms in total. The summed E-state index contributed by atoms with van der Waals surface area (Å²) in [7, 11) is 0. The Balaban J connectivity index is 1.25. The average Bonchev–Trinajstić information content (AvgIpc) is 3.11. The Kier molecular flexibility index (Phi) is 18.6. The van der Waals surface area contributed by atoms with E-state index in [1.54, 1.807) is 54.6 Å². The fourth-order valence-corrected chi connectivity index (χ4v) is 4.21. The van der Waals surface area contributed by atoms with E-state index in [-0.39, 0.29) is 6.61 Å². The Bertz CT molecular complexity index is 1340. The van der Waals surface area contributed by atoms with E-state index in [1.165, 1.54) is 0 Å². The minimum atomic E-state index is -0.479. The molecule has 10 heteroatoms. The van der Waals surface area contributed by atoms with E-state index in [0.717, 1.165) is 68.8 Å². The third kappa shape index (κ3) is 16.3. The lowest BCUT2D eigenvalue weighted by Crippen LogP contribution is -2.08. The maximum atomic E-state index is 12.6. The quantitative estimate of drug-likeness (QED) is 0.0159. The number of ether oxygens (including phenoxy) is 4. The number of esters is 2. The van der Waals surface area contributed by atoms with Crippen molar-refractivity contribution >= 4 is 11.9 Å². The van der Waals surface area contributed by atoms with Crippen molar-refractivity contribution in [3.05, 3.63) is 109 Å². The van der Waals surface area contributed by atoms with Crippen LogP contribution in [0.15, 0.2) is 98.1 Å². The molecule has 0 heterocycles. The number of hydrogen-bond acceptors (Lipinski definition) is 10. The molecule has 0 N–H and O–H groups in total. The molecule has 0 amide bonds. The summed E-state index contributed by atoms with van der Waals surface area (Å²) in [5.74, 6) is 1.46. The van der Waals surface area contributed by atoms with Gasteiger partial charge in [0.15, 0.2) is 5.75 Å². The molecule has 0 saturated heterocycles. The highest BCUT2D eigenvalue weighted by atomic mass is 17.2. The van der Waals surface area contributed by atoms with Crippen LogP contribution in [0, 0.1) is 0 Å². The Morgan fingerprint density at radius 2 is 1.10 bits per heavy atom. The summed E-state index contributed by atoms with van der Waals surface area (Å²) in [5.41, 5.74) is 1.34. The van der Waals surface area contributed by atoms with E-state index in [9.17, 15) is 9.59 Å². The fraction of sp³-hybridized carbons (Fsp3) is 0.368. The molecule has 0 aromatic heterocycles. The lowest BCUT2D eigenvalue weighted by molar-refractivity contribution is -0.286. The number of hydrogen-bond donors (Lipinski definition) is 0. The molecule has 0 spiro atoms. The van der Waals surface area contributed by atoms with Gasteiger partial charge in [-0.3, -0.25) is 0 Å². The number of unbranched alkanes of at least 4 members (excludes halogenated alkanes) is 6. The predicted molar refractivity (Wildman–Crippen MR) is 181 cm³/mol. The number of benzene rings is 3. The number of carbonyl (C=O) groups excluding carboxylic acids is 2. The topological polar surface area (TPSA) is 108 Å². The molecule has 0 bridgehead atoms. The molecule has 48 heavy (non-hydrogen) atoms. The van der Waals surface area contributed by atoms with Gasteiger partial charge in [-0.1, -0.05) is 31.2 Å². The maximum absolute atomic E-state index is 12.6. The van der Waals surface area contributed by atoms with Crippen molar-refractivity contribution in [3.63, 3.8) is 0 Å². The molecule has 0 radical (unpaired) electrons. The third-order valence-corrected chi connectivity index (χ3v) is 6.81. The van der Waals surface area contributed by atoms with Gasteiger partial charge in [0.05, 0.1) is 32.0 Å². The van der Waals surface area contributed by atoms with Crippen molar-refractivity contribution in [1.29, 1.82) is 0 Å². The molecule has 3 rings (SSSR count). The number of carbonyl (C=O) groups is 2. The highest BCUT2D eigenvalue weighted by Gasteiger charge is 2.10. The Labute approximate surface area is 283 Å². The normalized spacial score (nSPS) is 10.6. The lowest BCUT2D eigenvalue weighted by Gasteiger charge is -2.09. The van der Waals surface area contributed by atoms with Gasteiger partial charge < -0.3 is 23.8 Å². The van der Waals surface area contributed by atoms with E-state index in [1.807, 2.05) is 24.3 Å². The van der Waals surface area contributed by atoms with E-state index in [0.29, 0.717) is 55.8 Å². The summed E-state index contributed by atoms with van der Waals surface area (Å²) in [6.45, 7) is 9.78. The monoisotopic (exact) mass is 662 g/mol. The van der Waals surface area contributed by atoms with Gasteiger partial charge in [-0.05, 0) is 111 Å². The highest BCUT2D eigenvalue weighted by molar-refractivity contribution is 5.91. The molecule has 0 aliphatic carbocycles. The zero-order chi connectivity index (χ0) is 34.1. The van der Waals surface area contributed by atoms with Crippen molar-refractivity contribution in [1.82, 2.24) is 0 Å².